The maximum atomic E-state index is 12.8. The van der Waals surface area contributed by atoms with Crippen molar-refractivity contribution in [2.24, 2.45) is 4.99 Å². The molecule has 6 nitrogen and oxygen atoms in total. The summed E-state index contributed by atoms with van der Waals surface area (Å²) < 4.78 is 28.2. The van der Waals surface area contributed by atoms with Gasteiger partial charge < -0.3 is 10.6 Å². The molecule has 0 saturated heterocycles. The highest BCUT2D eigenvalue weighted by Gasteiger charge is 2.24. The molecule has 0 amide bonds. The topological polar surface area (TPSA) is 82.6 Å². The van der Waals surface area contributed by atoms with Gasteiger partial charge in [0.25, 0.3) is 0 Å². The number of benzene rings is 1. The van der Waals surface area contributed by atoms with E-state index in [1.807, 2.05) is 33.8 Å². The van der Waals surface area contributed by atoms with Gasteiger partial charge in [-0.3, -0.25) is 0 Å². The lowest BCUT2D eigenvalue weighted by Crippen LogP contribution is -2.40. The standard InChI is InChI=1S/C20H30N4O2S2/c1-6-21-19(23-14-17-12-11-15(2)27-17)22-13-16-9-7-8-10-18(16)28(25,26)24-20(3,4)5/h7-12,24H,6,13-14H2,1-5H3,(H2,21,22,23). The minimum atomic E-state index is -3.62. The lowest BCUT2D eigenvalue weighted by Gasteiger charge is -2.21. The molecule has 8 heteroatoms. The highest BCUT2D eigenvalue weighted by molar-refractivity contribution is 7.89. The molecule has 0 saturated carbocycles. The molecule has 154 valence electrons. The van der Waals surface area contributed by atoms with Crippen molar-refractivity contribution in [3.63, 3.8) is 0 Å². The zero-order valence-corrected chi connectivity index (χ0v) is 18.8. The van der Waals surface area contributed by atoms with Gasteiger partial charge in [0, 0.05) is 21.8 Å². The summed E-state index contributed by atoms with van der Waals surface area (Å²) in [5.41, 5.74) is 0.105. The maximum absolute atomic E-state index is 12.8. The van der Waals surface area contributed by atoms with E-state index >= 15 is 0 Å². The molecule has 28 heavy (non-hydrogen) atoms. The molecule has 0 fully saturated rings. The Balaban J connectivity index is 2.18. The van der Waals surface area contributed by atoms with Crippen molar-refractivity contribution >= 4 is 27.3 Å². The number of guanidine groups is 1. The first kappa shape index (κ1) is 22.4. The second-order valence-electron chi connectivity index (χ2n) is 7.52. The second kappa shape index (κ2) is 9.54. The Labute approximate surface area is 172 Å². The summed E-state index contributed by atoms with van der Waals surface area (Å²) in [5, 5.41) is 6.51. The monoisotopic (exact) mass is 422 g/mol. The van der Waals surface area contributed by atoms with E-state index in [0.717, 1.165) is 6.54 Å². The van der Waals surface area contributed by atoms with Gasteiger partial charge in [-0.05, 0) is 58.4 Å². The van der Waals surface area contributed by atoms with Gasteiger partial charge in [0.15, 0.2) is 5.96 Å². The average molecular weight is 423 g/mol. The van der Waals surface area contributed by atoms with E-state index in [2.05, 4.69) is 39.4 Å². The Kier molecular flexibility index (Phi) is 7.63. The van der Waals surface area contributed by atoms with E-state index in [0.29, 0.717) is 18.1 Å². The molecule has 1 aromatic carbocycles. The number of aryl methyl sites for hydroxylation is 1. The van der Waals surface area contributed by atoms with Crippen LogP contribution in [0.4, 0.5) is 0 Å². The SMILES string of the molecule is CCNC(=NCc1ccccc1S(=O)(=O)NC(C)(C)C)NCc1ccc(C)s1. The normalized spacial score (nSPS) is 12.8. The third kappa shape index (κ3) is 6.92. The molecular formula is C20H30N4O2S2. The fraction of sp³-hybridized carbons (Fsp3) is 0.450. The highest BCUT2D eigenvalue weighted by Crippen LogP contribution is 2.19. The molecule has 0 bridgehead atoms. The molecule has 0 aliphatic heterocycles. The quantitative estimate of drug-likeness (QED) is 0.472. The molecule has 0 radical (unpaired) electrons. The van der Waals surface area contributed by atoms with Crippen molar-refractivity contribution in [1.29, 1.82) is 0 Å². The van der Waals surface area contributed by atoms with E-state index in [9.17, 15) is 8.42 Å². The molecule has 0 atom stereocenters. The van der Waals surface area contributed by atoms with Crippen LogP contribution < -0.4 is 15.4 Å². The van der Waals surface area contributed by atoms with E-state index in [1.54, 1.807) is 29.5 Å². The van der Waals surface area contributed by atoms with Crippen LogP contribution in [0.3, 0.4) is 0 Å². The predicted molar refractivity (Wildman–Crippen MR) is 117 cm³/mol. The van der Waals surface area contributed by atoms with Gasteiger partial charge in [0.05, 0.1) is 18.0 Å². The third-order valence-corrected chi connectivity index (χ3v) is 6.54. The molecule has 1 heterocycles. The number of hydrogen-bond acceptors (Lipinski definition) is 4. The summed E-state index contributed by atoms with van der Waals surface area (Å²) >= 11 is 1.74. The number of nitrogens with zero attached hydrogens (tertiary/aromatic N) is 1. The summed E-state index contributed by atoms with van der Waals surface area (Å²) in [7, 11) is -3.62. The van der Waals surface area contributed by atoms with Crippen molar-refractivity contribution in [2.75, 3.05) is 6.54 Å². The van der Waals surface area contributed by atoms with Crippen LogP contribution in [0.2, 0.25) is 0 Å². The minimum absolute atomic E-state index is 0.262. The molecule has 0 unspecified atom stereocenters. The minimum Gasteiger partial charge on any atom is -0.357 e. The zero-order chi connectivity index (χ0) is 20.8. The Hall–Kier alpha value is -1.90. The first-order valence-corrected chi connectivity index (χ1v) is 11.6. The van der Waals surface area contributed by atoms with Crippen molar-refractivity contribution in [1.82, 2.24) is 15.4 Å². The molecule has 2 aromatic rings. The maximum Gasteiger partial charge on any atom is 0.241 e. The third-order valence-electron chi connectivity index (χ3n) is 3.68. The summed E-state index contributed by atoms with van der Waals surface area (Å²) in [6.07, 6.45) is 0. The Morgan fingerprint density at radius 3 is 2.43 bits per heavy atom. The second-order valence-corrected chi connectivity index (χ2v) is 10.5. The summed E-state index contributed by atoms with van der Waals surface area (Å²) in [4.78, 5) is 7.34. The Morgan fingerprint density at radius 2 is 1.82 bits per heavy atom. The average Bonchev–Trinajstić information content (AvgIpc) is 3.01. The van der Waals surface area contributed by atoms with Gasteiger partial charge in [-0.1, -0.05) is 18.2 Å². The van der Waals surface area contributed by atoms with Crippen molar-refractivity contribution < 1.29 is 8.42 Å². The first-order chi connectivity index (χ1) is 13.1. The van der Waals surface area contributed by atoms with Crippen LogP contribution in [-0.2, 0) is 23.1 Å². The summed E-state index contributed by atoms with van der Waals surface area (Å²) in [5.74, 6) is 0.657. The molecule has 3 N–H and O–H groups in total. The van der Waals surface area contributed by atoms with E-state index in [1.165, 1.54) is 9.75 Å². The van der Waals surface area contributed by atoms with Gasteiger partial charge >= 0.3 is 0 Å². The Morgan fingerprint density at radius 1 is 1.11 bits per heavy atom. The van der Waals surface area contributed by atoms with Gasteiger partial charge in [-0.15, -0.1) is 11.3 Å². The first-order valence-electron chi connectivity index (χ1n) is 9.30. The van der Waals surface area contributed by atoms with Crippen LogP contribution in [0.15, 0.2) is 46.3 Å². The molecule has 0 spiro atoms. The van der Waals surface area contributed by atoms with Crippen LogP contribution in [-0.4, -0.2) is 26.5 Å². The van der Waals surface area contributed by atoms with Gasteiger partial charge in [-0.2, -0.15) is 0 Å². The lowest BCUT2D eigenvalue weighted by molar-refractivity contribution is 0.491. The number of aliphatic imine (C=N–C) groups is 1. The van der Waals surface area contributed by atoms with Crippen LogP contribution >= 0.6 is 11.3 Å². The summed E-state index contributed by atoms with van der Waals surface area (Å²) in [6.45, 7) is 11.2. The van der Waals surface area contributed by atoms with Gasteiger partial charge in [-0.25, -0.2) is 18.1 Å². The van der Waals surface area contributed by atoms with Gasteiger partial charge in [0.1, 0.15) is 0 Å². The number of thiophene rings is 1. The van der Waals surface area contributed by atoms with Crippen molar-refractivity contribution in [2.45, 2.75) is 58.1 Å². The van der Waals surface area contributed by atoms with Crippen LogP contribution in [0.1, 0.15) is 43.0 Å². The smallest absolute Gasteiger partial charge is 0.241 e. The van der Waals surface area contributed by atoms with Gasteiger partial charge in [0.2, 0.25) is 10.0 Å². The number of hydrogen-bond donors (Lipinski definition) is 3. The van der Waals surface area contributed by atoms with E-state index < -0.39 is 15.6 Å². The molecule has 1 aromatic heterocycles. The lowest BCUT2D eigenvalue weighted by atomic mass is 10.1. The molecule has 2 rings (SSSR count). The highest BCUT2D eigenvalue weighted by atomic mass is 32.2. The van der Waals surface area contributed by atoms with Crippen molar-refractivity contribution in [3.05, 3.63) is 51.7 Å². The van der Waals surface area contributed by atoms with Crippen LogP contribution in [0.25, 0.3) is 0 Å². The Bertz CT molecular complexity index is 912. The fourth-order valence-corrected chi connectivity index (χ4v) is 5.09. The molecular weight excluding hydrogens is 392 g/mol. The fourth-order valence-electron chi connectivity index (χ4n) is 2.61. The predicted octanol–water partition coefficient (Wildman–Crippen LogP) is 3.39. The number of nitrogens with one attached hydrogen (secondary N) is 3. The van der Waals surface area contributed by atoms with Crippen molar-refractivity contribution in [3.8, 4) is 0 Å². The summed E-state index contributed by atoms with van der Waals surface area (Å²) in [6, 6.07) is 11.2. The number of sulfonamides is 1. The van der Waals surface area contributed by atoms with Crippen LogP contribution in [0, 0.1) is 6.92 Å². The van der Waals surface area contributed by atoms with E-state index in [4.69, 9.17) is 0 Å². The number of rotatable bonds is 7. The molecule has 0 aliphatic rings. The van der Waals surface area contributed by atoms with E-state index in [-0.39, 0.29) is 11.4 Å². The zero-order valence-electron chi connectivity index (χ0n) is 17.2. The molecule has 0 aliphatic carbocycles. The largest absolute Gasteiger partial charge is 0.357 e. The van der Waals surface area contributed by atoms with Crippen LogP contribution in [0.5, 0.6) is 0 Å².